The molecule has 5 rings (SSSR count). The summed E-state index contributed by atoms with van der Waals surface area (Å²) >= 11 is 0. The number of morpholine rings is 1. The number of anilines is 1. The molecule has 3 aliphatic rings. The highest BCUT2D eigenvalue weighted by Gasteiger charge is 2.44. The first-order valence-corrected chi connectivity index (χ1v) is 15.4. The minimum Gasteiger partial charge on any atom is -0.444 e. The third kappa shape index (κ3) is 7.04. The molecule has 0 spiro atoms. The Hall–Kier alpha value is -3.43. The van der Waals surface area contributed by atoms with E-state index >= 15 is 0 Å². The van der Waals surface area contributed by atoms with Crippen molar-refractivity contribution in [2.75, 3.05) is 57.4 Å². The predicted octanol–water partition coefficient (Wildman–Crippen LogP) is 4.07. The second kappa shape index (κ2) is 12.3. The maximum absolute atomic E-state index is 14.1. The minimum absolute atomic E-state index is 0.0404. The van der Waals surface area contributed by atoms with Gasteiger partial charge in [0, 0.05) is 49.9 Å². The summed E-state index contributed by atoms with van der Waals surface area (Å²) in [5, 5.41) is 0. The Morgan fingerprint density at radius 2 is 1.67 bits per heavy atom. The monoisotopic (exact) mass is 590 g/mol. The zero-order valence-corrected chi connectivity index (χ0v) is 26.5. The standard InChI is InChI=1S/C34H46N4O5/c1-24-20-36(29(31(40)35-14-16-42-17-15-35)21-37(24)32(41)43-33(2,3)4)22-30(39)38-23-34(5,6)27-13-12-26(19-28(27)38)18-25-10-8-7-9-11-25/h7-13,19,24,29H,14-18,20-23H2,1-6H3/t24-,29-/m1/s1. The van der Waals surface area contributed by atoms with Crippen LogP contribution < -0.4 is 4.90 Å². The zero-order chi connectivity index (χ0) is 30.9. The smallest absolute Gasteiger partial charge is 0.410 e. The Labute approximate surface area is 255 Å². The van der Waals surface area contributed by atoms with Crippen molar-refractivity contribution in [2.24, 2.45) is 0 Å². The van der Waals surface area contributed by atoms with E-state index in [4.69, 9.17) is 9.47 Å². The second-order valence-electron chi connectivity index (χ2n) is 13.7. The lowest BCUT2D eigenvalue weighted by atomic mass is 9.86. The lowest BCUT2D eigenvalue weighted by Gasteiger charge is -2.46. The van der Waals surface area contributed by atoms with Crippen LogP contribution >= 0.6 is 0 Å². The van der Waals surface area contributed by atoms with Crippen molar-refractivity contribution in [3.63, 3.8) is 0 Å². The summed E-state index contributed by atoms with van der Waals surface area (Å²) in [6.07, 6.45) is 0.350. The van der Waals surface area contributed by atoms with E-state index < -0.39 is 17.7 Å². The van der Waals surface area contributed by atoms with Crippen molar-refractivity contribution in [3.8, 4) is 0 Å². The molecule has 9 heteroatoms. The lowest BCUT2D eigenvalue weighted by Crippen LogP contribution is -2.65. The number of benzene rings is 2. The summed E-state index contributed by atoms with van der Waals surface area (Å²) in [6, 6.07) is 15.9. The van der Waals surface area contributed by atoms with Crippen LogP contribution in [-0.2, 0) is 30.9 Å². The van der Waals surface area contributed by atoms with E-state index in [2.05, 4.69) is 44.2 Å². The number of nitrogens with zero attached hydrogens (tertiary/aromatic N) is 4. The Balaban J connectivity index is 1.38. The number of carbonyl (C=O) groups excluding carboxylic acids is 3. The Kier molecular flexibility index (Phi) is 8.86. The molecule has 0 bridgehead atoms. The highest BCUT2D eigenvalue weighted by Crippen LogP contribution is 2.41. The molecule has 0 aromatic heterocycles. The van der Waals surface area contributed by atoms with Gasteiger partial charge in [-0.05, 0) is 56.9 Å². The molecule has 3 amide bonds. The Morgan fingerprint density at radius 1 is 0.977 bits per heavy atom. The fourth-order valence-corrected chi connectivity index (χ4v) is 6.39. The third-order valence-corrected chi connectivity index (χ3v) is 8.60. The first-order valence-electron chi connectivity index (χ1n) is 15.4. The summed E-state index contributed by atoms with van der Waals surface area (Å²) in [7, 11) is 0. The molecule has 9 nitrogen and oxygen atoms in total. The number of hydrogen-bond donors (Lipinski definition) is 0. The van der Waals surface area contributed by atoms with Crippen molar-refractivity contribution in [1.82, 2.24) is 14.7 Å². The number of hydrogen-bond acceptors (Lipinski definition) is 6. The van der Waals surface area contributed by atoms with Gasteiger partial charge in [0.1, 0.15) is 11.6 Å². The number of rotatable bonds is 5. The van der Waals surface area contributed by atoms with Crippen LogP contribution in [0.25, 0.3) is 0 Å². The van der Waals surface area contributed by atoms with Crippen molar-refractivity contribution in [1.29, 1.82) is 0 Å². The third-order valence-electron chi connectivity index (χ3n) is 8.60. The van der Waals surface area contributed by atoms with Crippen LogP contribution in [0.2, 0.25) is 0 Å². The molecule has 43 heavy (non-hydrogen) atoms. The molecule has 0 saturated carbocycles. The van der Waals surface area contributed by atoms with E-state index in [9.17, 15) is 14.4 Å². The second-order valence-corrected chi connectivity index (χ2v) is 13.7. The molecule has 2 fully saturated rings. The summed E-state index contributed by atoms with van der Waals surface area (Å²) in [6.45, 7) is 15.0. The van der Waals surface area contributed by atoms with Gasteiger partial charge in [0.15, 0.2) is 0 Å². The van der Waals surface area contributed by atoms with E-state index in [1.807, 2.05) is 55.7 Å². The van der Waals surface area contributed by atoms with E-state index in [1.54, 1.807) is 9.80 Å². The van der Waals surface area contributed by atoms with Crippen molar-refractivity contribution in [3.05, 3.63) is 65.2 Å². The van der Waals surface area contributed by atoms with Gasteiger partial charge < -0.3 is 24.2 Å². The minimum atomic E-state index is -0.650. The molecule has 2 aromatic carbocycles. The van der Waals surface area contributed by atoms with E-state index in [1.165, 1.54) is 5.56 Å². The summed E-state index contributed by atoms with van der Waals surface area (Å²) < 4.78 is 11.2. The van der Waals surface area contributed by atoms with Gasteiger partial charge in [0.2, 0.25) is 11.8 Å². The summed E-state index contributed by atoms with van der Waals surface area (Å²) in [4.78, 5) is 48.4. The fourth-order valence-electron chi connectivity index (χ4n) is 6.39. The summed E-state index contributed by atoms with van der Waals surface area (Å²) in [5.41, 5.74) is 3.63. The molecule has 0 unspecified atom stereocenters. The maximum atomic E-state index is 14.1. The van der Waals surface area contributed by atoms with Crippen LogP contribution in [0.4, 0.5) is 10.5 Å². The first-order chi connectivity index (χ1) is 20.3. The molecule has 232 valence electrons. The number of piperazine rings is 1. The van der Waals surface area contributed by atoms with Gasteiger partial charge in [0.25, 0.3) is 0 Å². The van der Waals surface area contributed by atoms with E-state index in [0.717, 1.165) is 23.2 Å². The average Bonchev–Trinajstić information content (AvgIpc) is 3.22. The van der Waals surface area contributed by atoms with E-state index in [0.29, 0.717) is 39.4 Å². The Morgan fingerprint density at radius 3 is 2.35 bits per heavy atom. The van der Waals surface area contributed by atoms with Crippen LogP contribution in [0.3, 0.4) is 0 Å². The molecule has 2 aromatic rings. The van der Waals surface area contributed by atoms with Gasteiger partial charge in [-0.25, -0.2) is 4.79 Å². The van der Waals surface area contributed by atoms with Crippen molar-refractivity contribution in [2.45, 2.75) is 71.1 Å². The SMILES string of the molecule is C[C@@H]1CN(CC(=O)N2CC(C)(C)c3ccc(Cc4ccccc4)cc32)[C@@H](C(=O)N2CCOCC2)CN1C(=O)OC(C)(C)C. The van der Waals surface area contributed by atoms with Crippen molar-refractivity contribution < 1.29 is 23.9 Å². The topological polar surface area (TPSA) is 82.6 Å². The Bertz CT molecular complexity index is 1330. The van der Waals surface area contributed by atoms with Crippen LogP contribution in [0.1, 0.15) is 58.2 Å². The van der Waals surface area contributed by atoms with Crippen LogP contribution in [0.5, 0.6) is 0 Å². The van der Waals surface area contributed by atoms with Gasteiger partial charge in [-0.3, -0.25) is 14.5 Å². The molecule has 0 N–H and O–H groups in total. The molecular formula is C34H46N4O5. The quantitative estimate of drug-likeness (QED) is 0.522. The molecule has 3 aliphatic heterocycles. The normalized spacial score (nSPS) is 22.3. The molecular weight excluding hydrogens is 544 g/mol. The molecule has 2 atom stereocenters. The van der Waals surface area contributed by atoms with Gasteiger partial charge >= 0.3 is 6.09 Å². The number of amides is 3. The molecule has 2 saturated heterocycles. The van der Waals surface area contributed by atoms with Crippen molar-refractivity contribution >= 4 is 23.6 Å². The first kappa shape index (κ1) is 31.0. The maximum Gasteiger partial charge on any atom is 0.410 e. The molecule has 0 aliphatic carbocycles. The number of fused-ring (bicyclic) bond motifs is 1. The highest BCUT2D eigenvalue weighted by atomic mass is 16.6. The van der Waals surface area contributed by atoms with Gasteiger partial charge in [0.05, 0.1) is 19.8 Å². The van der Waals surface area contributed by atoms with Gasteiger partial charge in [-0.2, -0.15) is 0 Å². The molecule has 3 heterocycles. The molecule has 0 radical (unpaired) electrons. The largest absolute Gasteiger partial charge is 0.444 e. The predicted molar refractivity (Wildman–Crippen MR) is 166 cm³/mol. The van der Waals surface area contributed by atoms with Crippen LogP contribution in [-0.4, -0.2) is 103 Å². The number of ether oxygens (including phenoxy) is 2. The van der Waals surface area contributed by atoms with Crippen LogP contribution in [0, 0.1) is 0 Å². The average molecular weight is 591 g/mol. The number of carbonyl (C=O) groups is 3. The van der Waals surface area contributed by atoms with Crippen LogP contribution in [0.15, 0.2) is 48.5 Å². The highest BCUT2D eigenvalue weighted by molar-refractivity contribution is 5.98. The van der Waals surface area contributed by atoms with E-state index in [-0.39, 0.29) is 36.4 Å². The summed E-state index contributed by atoms with van der Waals surface area (Å²) in [5.74, 6) is -0.120. The van der Waals surface area contributed by atoms with Gasteiger partial charge in [-0.1, -0.05) is 56.3 Å². The van der Waals surface area contributed by atoms with Gasteiger partial charge in [-0.15, -0.1) is 0 Å². The lowest BCUT2D eigenvalue weighted by molar-refractivity contribution is -0.145. The fraction of sp³-hybridized carbons (Fsp3) is 0.559. The zero-order valence-electron chi connectivity index (χ0n) is 26.5.